The summed E-state index contributed by atoms with van der Waals surface area (Å²) in [5.74, 6) is 3.48. The highest BCUT2D eigenvalue weighted by Gasteiger charge is 2.45. The third-order valence-corrected chi connectivity index (χ3v) is 3.06. The monoisotopic (exact) mass is 194 g/mol. The van der Waals surface area contributed by atoms with Gasteiger partial charge in [0.15, 0.2) is 5.82 Å². The Kier molecular flexibility index (Phi) is 1.73. The second-order valence-corrected chi connectivity index (χ2v) is 4.18. The first-order valence-electron chi connectivity index (χ1n) is 5.02. The average Bonchev–Trinajstić information content (AvgIpc) is 2.68. The molecule has 2 aliphatic rings. The van der Waals surface area contributed by atoms with E-state index >= 15 is 0 Å². The molecular weight excluding hydrogens is 180 g/mol. The molecule has 2 unspecified atom stereocenters. The van der Waals surface area contributed by atoms with Gasteiger partial charge in [0.2, 0.25) is 5.95 Å². The Morgan fingerprint density at radius 1 is 1.50 bits per heavy atom. The predicted octanol–water partition coefficient (Wildman–Crippen LogP) is 0.407. The van der Waals surface area contributed by atoms with E-state index < -0.39 is 0 Å². The van der Waals surface area contributed by atoms with Crippen molar-refractivity contribution in [2.24, 2.45) is 11.8 Å². The standard InChI is InChI=1S/C9H14N4O/c1-14-5-8-10-9(12-11-8)13-3-6-2-7(6)4-13/h6-7H,2-5H2,1H3,(H,10,11,12). The number of rotatable bonds is 3. The highest BCUT2D eigenvalue weighted by atomic mass is 16.5. The van der Waals surface area contributed by atoms with Crippen molar-refractivity contribution in [3.8, 4) is 0 Å². The number of nitrogens with one attached hydrogen (secondary N) is 1. The lowest BCUT2D eigenvalue weighted by Crippen LogP contribution is -2.22. The Bertz CT molecular complexity index is 327. The lowest BCUT2D eigenvalue weighted by atomic mass is 10.4. The number of H-pyrrole nitrogens is 1. The van der Waals surface area contributed by atoms with E-state index in [-0.39, 0.29) is 0 Å². The summed E-state index contributed by atoms with van der Waals surface area (Å²) in [7, 11) is 1.66. The fourth-order valence-electron chi connectivity index (χ4n) is 2.19. The van der Waals surface area contributed by atoms with Gasteiger partial charge in [-0.05, 0) is 18.3 Å². The fourth-order valence-corrected chi connectivity index (χ4v) is 2.19. The molecule has 1 N–H and O–H groups in total. The van der Waals surface area contributed by atoms with E-state index in [2.05, 4.69) is 20.1 Å². The largest absolute Gasteiger partial charge is 0.377 e. The minimum Gasteiger partial charge on any atom is -0.377 e. The van der Waals surface area contributed by atoms with Crippen LogP contribution in [-0.4, -0.2) is 35.4 Å². The molecule has 1 saturated carbocycles. The van der Waals surface area contributed by atoms with Crippen molar-refractivity contribution in [3.05, 3.63) is 5.82 Å². The molecular formula is C9H14N4O. The number of methoxy groups -OCH3 is 1. The number of fused-ring (bicyclic) bond motifs is 1. The van der Waals surface area contributed by atoms with E-state index in [9.17, 15) is 0 Å². The summed E-state index contributed by atoms with van der Waals surface area (Å²) < 4.78 is 4.98. The maximum atomic E-state index is 4.98. The quantitative estimate of drug-likeness (QED) is 0.757. The molecule has 0 spiro atoms. The highest BCUT2D eigenvalue weighted by molar-refractivity contribution is 5.33. The number of aromatic nitrogens is 3. The van der Waals surface area contributed by atoms with E-state index in [0.29, 0.717) is 6.61 Å². The highest BCUT2D eigenvalue weighted by Crippen LogP contribution is 2.45. The van der Waals surface area contributed by atoms with Crippen molar-refractivity contribution in [1.82, 2.24) is 15.2 Å². The van der Waals surface area contributed by atoms with E-state index in [0.717, 1.165) is 36.7 Å². The van der Waals surface area contributed by atoms with Crippen molar-refractivity contribution < 1.29 is 4.74 Å². The molecule has 1 saturated heterocycles. The SMILES string of the molecule is COCc1nc(N2CC3CC3C2)n[nH]1. The van der Waals surface area contributed by atoms with Gasteiger partial charge in [0.1, 0.15) is 6.61 Å². The van der Waals surface area contributed by atoms with Crippen molar-refractivity contribution >= 4 is 5.95 Å². The van der Waals surface area contributed by atoms with Gasteiger partial charge in [-0.25, -0.2) is 0 Å². The molecule has 1 aliphatic carbocycles. The number of hydrogen-bond acceptors (Lipinski definition) is 4. The Morgan fingerprint density at radius 3 is 3.00 bits per heavy atom. The first-order valence-corrected chi connectivity index (χ1v) is 5.02. The zero-order valence-electron chi connectivity index (χ0n) is 8.23. The summed E-state index contributed by atoms with van der Waals surface area (Å²) >= 11 is 0. The molecule has 1 aliphatic heterocycles. The molecule has 3 rings (SSSR count). The second-order valence-electron chi connectivity index (χ2n) is 4.18. The first-order chi connectivity index (χ1) is 6.86. The second kappa shape index (κ2) is 2.95. The van der Waals surface area contributed by atoms with Crippen LogP contribution in [0.1, 0.15) is 12.2 Å². The van der Waals surface area contributed by atoms with Crippen LogP contribution >= 0.6 is 0 Å². The van der Waals surface area contributed by atoms with Gasteiger partial charge in [0.05, 0.1) is 0 Å². The molecule has 0 radical (unpaired) electrons. The Hall–Kier alpha value is -1.10. The number of ether oxygens (including phenoxy) is 1. The van der Waals surface area contributed by atoms with Gasteiger partial charge in [0.25, 0.3) is 0 Å². The zero-order chi connectivity index (χ0) is 9.54. The molecule has 1 aromatic heterocycles. The molecule has 2 fully saturated rings. The maximum Gasteiger partial charge on any atom is 0.244 e. The van der Waals surface area contributed by atoms with Crippen LogP contribution in [0.4, 0.5) is 5.95 Å². The maximum absolute atomic E-state index is 4.98. The van der Waals surface area contributed by atoms with Crippen molar-refractivity contribution in [3.63, 3.8) is 0 Å². The summed E-state index contributed by atoms with van der Waals surface area (Å²) in [6.07, 6.45) is 1.41. The van der Waals surface area contributed by atoms with Crippen LogP contribution in [-0.2, 0) is 11.3 Å². The van der Waals surface area contributed by atoms with Crippen LogP contribution in [0.5, 0.6) is 0 Å². The van der Waals surface area contributed by atoms with Crippen molar-refractivity contribution in [1.29, 1.82) is 0 Å². The van der Waals surface area contributed by atoms with E-state index in [1.54, 1.807) is 7.11 Å². The van der Waals surface area contributed by atoms with Gasteiger partial charge >= 0.3 is 0 Å². The lowest BCUT2D eigenvalue weighted by molar-refractivity contribution is 0.178. The molecule has 76 valence electrons. The van der Waals surface area contributed by atoms with Gasteiger partial charge in [-0.1, -0.05) is 0 Å². The number of piperidine rings is 1. The summed E-state index contributed by atoms with van der Waals surface area (Å²) in [5.41, 5.74) is 0. The average molecular weight is 194 g/mol. The van der Waals surface area contributed by atoms with Crippen LogP contribution in [0.25, 0.3) is 0 Å². The number of anilines is 1. The lowest BCUT2D eigenvalue weighted by Gasteiger charge is -2.14. The normalized spacial score (nSPS) is 29.4. The fraction of sp³-hybridized carbons (Fsp3) is 0.778. The summed E-state index contributed by atoms with van der Waals surface area (Å²) in [6.45, 7) is 2.78. The van der Waals surface area contributed by atoms with Gasteiger partial charge in [-0.3, -0.25) is 5.10 Å². The van der Waals surface area contributed by atoms with Crippen LogP contribution in [0.15, 0.2) is 0 Å². The van der Waals surface area contributed by atoms with E-state index in [1.165, 1.54) is 6.42 Å². The van der Waals surface area contributed by atoms with Gasteiger partial charge in [0, 0.05) is 20.2 Å². The first kappa shape index (κ1) is 8.23. The summed E-state index contributed by atoms with van der Waals surface area (Å²) in [5, 5.41) is 7.07. The third-order valence-electron chi connectivity index (χ3n) is 3.06. The molecule has 5 heteroatoms. The number of nitrogens with zero attached hydrogens (tertiary/aromatic N) is 3. The minimum atomic E-state index is 0.508. The van der Waals surface area contributed by atoms with Crippen LogP contribution in [0.3, 0.4) is 0 Å². The third kappa shape index (κ3) is 1.28. The molecule has 2 heterocycles. The molecule has 0 aromatic carbocycles. The van der Waals surface area contributed by atoms with Gasteiger partial charge < -0.3 is 9.64 Å². The number of aromatic amines is 1. The van der Waals surface area contributed by atoms with Crippen molar-refractivity contribution in [2.45, 2.75) is 13.0 Å². The molecule has 5 nitrogen and oxygen atoms in total. The Labute approximate surface area is 82.5 Å². The van der Waals surface area contributed by atoms with E-state index in [4.69, 9.17) is 4.74 Å². The summed E-state index contributed by atoms with van der Waals surface area (Å²) in [6, 6.07) is 0. The molecule has 0 amide bonds. The Balaban J connectivity index is 1.70. The number of hydrogen-bond donors (Lipinski definition) is 1. The molecule has 0 bridgehead atoms. The molecule has 14 heavy (non-hydrogen) atoms. The van der Waals surface area contributed by atoms with Crippen molar-refractivity contribution in [2.75, 3.05) is 25.1 Å². The smallest absolute Gasteiger partial charge is 0.244 e. The topological polar surface area (TPSA) is 54.0 Å². The van der Waals surface area contributed by atoms with Crippen LogP contribution in [0, 0.1) is 11.8 Å². The van der Waals surface area contributed by atoms with Gasteiger partial charge in [-0.2, -0.15) is 4.98 Å². The molecule has 2 atom stereocenters. The van der Waals surface area contributed by atoms with Crippen LogP contribution in [0.2, 0.25) is 0 Å². The predicted molar refractivity (Wildman–Crippen MR) is 50.9 cm³/mol. The Morgan fingerprint density at radius 2 is 2.29 bits per heavy atom. The summed E-state index contributed by atoms with van der Waals surface area (Å²) in [4.78, 5) is 6.63. The van der Waals surface area contributed by atoms with Crippen LogP contribution < -0.4 is 4.90 Å². The van der Waals surface area contributed by atoms with E-state index in [1.807, 2.05) is 0 Å². The molecule has 1 aromatic rings. The zero-order valence-corrected chi connectivity index (χ0v) is 8.23. The van der Waals surface area contributed by atoms with Gasteiger partial charge in [-0.15, -0.1) is 5.10 Å². The minimum absolute atomic E-state index is 0.508.